The normalized spacial score (nSPS) is 15.6. The molecule has 1 saturated carbocycles. The number of hydrogen-bond acceptors (Lipinski definition) is 6. The van der Waals surface area contributed by atoms with Crippen LogP contribution in [0.3, 0.4) is 0 Å². The van der Waals surface area contributed by atoms with E-state index in [4.69, 9.17) is 10.3 Å². The van der Waals surface area contributed by atoms with Crippen LogP contribution in [0.2, 0.25) is 0 Å². The van der Waals surface area contributed by atoms with Gasteiger partial charge in [0.2, 0.25) is 10.0 Å². The second kappa shape index (κ2) is 6.69. The molecule has 1 aromatic heterocycles. The quantitative estimate of drug-likeness (QED) is 0.619. The van der Waals surface area contributed by atoms with E-state index < -0.39 is 28.1 Å². The van der Waals surface area contributed by atoms with Crippen molar-refractivity contribution >= 4 is 21.6 Å². The van der Waals surface area contributed by atoms with Gasteiger partial charge in [0.05, 0.1) is 28.2 Å². The third-order valence-corrected chi connectivity index (χ3v) is 5.72. The molecule has 1 amide bonds. The van der Waals surface area contributed by atoms with Crippen LogP contribution in [-0.4, -0.2) is 31.7 Å². The fraction of sp³-hybridized carbons (Fsp3) is 0.375. The molecule has 0 aliphatic heterocycles. The number of carbonyl (C=O) groups is 1. The Labute approximate surface area is 150 Å². The summed E-state index contributed by atoms with van der Waals surface area (Å²) in [7, 11) is -3.96. The smallest absolute Gasteiger partial charge is 0.253 e. The lowest BCUT2D eigenvalue weighted by Gasteiger charge is -2.15. The van der Waals surface area contributed by atoms with Crippen LogP contribution < -0.4 is 15.8 Å². The summed E-state index contributed by atoms with van der Waals surface area (Å²) in [5, 5.41) is 6.30. The summed E-state index contributed by atoms with van der Waals surface area (Å²) in [5.74, 6) is -0.0984. The third-order valence-electron chi connectivity index (χ3n) is 4.14. The highest BCUT2D eigenvalue weighted by molar-refractivity contribution is 7.89. The fourth-order valence-corrected chi connectivity index (χ4v) is 3.89. The molecule has 1 fully saturated rings. The Morgan fingerprint density at radius 2 is 2.12 bits per heavy atom. The van der Waals surface area contributed by atoms with Gasteiger partial charge in [0.1, 0.15) is 6.67 Å². The van der Waals surface area contributed by atoms with Crippen LogP contribution in [0.25, 0.3) is 0 Å². The number of amides is 1. The molecule has 3 rings (SSSR count). The van der Waals surface area contributed by atoms with E-state index in [1.54, 1.807) is 13.0 Å². The van der Waals surface area contributed by atoms with E-state index in [0.29, 0.717) is 24.3 Å². The lowest BCUT2D eigenvalue weighted by molar-refractivity contribution is 0.0947. The molecule has 0 radical (unpaired) electrons. The van der Waals surface area contributed by atoms with Crippen molar-refractivity contribution in [2.75, 3.05) is 12.4 Å². The van der Waals surface area contributed by atoms with E-state index in [9.17, 15) is 17.6 Å². The number of aryl methyl sites for hydroxylation is 1. The van der Waals surface area contributed by atoms with Crippen molar-refractivity contribution in [3.8, 4) is 0 Å². The summed E-state index contributed by atoms with van der Waals surface area (Å²) >= 11 is 0. The van der Waals surface area contributed by atoms with Crippen LogP contribution in [0.15, 0.2) is 33.7 Å². The van der Waals surface area contributed by atoms with Crippen LogP contribution in [0.4, 0.5) is 10.1 Å². The number of nitrogens with zero attached hydrogens (tertiary/aromatic N) is 1. The first-order valence-corrected chi connectivity index (χ1v) is 9.43. The predicted octanol–water partition coefficient (Wildman–Crippen LogP) is 1.28. The topological polar surface area (TPSA) is 127 Å². The second-order valence-corrected chi connectivity index (χ2v) is 8.07. The first-order valence-electron chi connectivity index (χ1n) is 7.95. The minimum atomic E-state index is -3.96. The van der Waals surface area contributed by atoms with Crippen molar-refractivity contribution < 1.29 is 22.1 Å². The van der Waals surface area contributed by atoms with E-state index in [1.807, 2.05) is 0 Å². The Kier molecular flexibility index (Phi) is 4.72. The van der Waals surface area contributed by atoms with Gasteiger partial charge in [-0.25, -0.2) is 17.5 Å². The van der Waals surface area contributed by atoms with Gasteiger partial charge in [-0.2, -0.15) is 0 Å². The summed E-state index contributed by atoms with van der Waals surface area (Å²) in [6.45, 7) is 1.06. The first-order chi connectivity index (χ1) is 12.2. The maximum atomic E-state index is 13.0. The molecule has 0 atom stereocenters. The first kappa shape index (κ1) is 18.3. The van der Waals surface area contributed by atoms with E-state index >= 15 is 0 Å². The molecule has 0 saturated heterocycles. The number of nitrogens with one attached hydrogen (secondary N) is 2. The van der Waals surface area contributed by atoms with Crippen molar-refractivity contribution in [2.24, 2.45) is 0 Å². The second-order valence-electron chi connectivity index (χ2n) is 6.39. The summed E-state index contributed by atoms with van der Waals surface area (Å²) in [4.78, 5) is 12.2. The number of nitrogens with two attached hydrogens (primary N) is 1. The molecule has 10 heteroatoms. The third kappa shape index (κ3) is 3.86. The number of halogens is 1. The number of anilines is 1. The summed E-state index contributed by atoms with van der Waals surface area (Å²) in [6, 6.07) is 5.45. The lowest BCUT2D eigenvalue weighted by Crippen LogP contribution is -2.38. The van der Waals surface area contributed by atoms with Crippen LogP contribution in [0.1, 0.15) is 34.7 Å². The SMILES string of the molecule is Cc1cc(CNC(=O)c2cc(S(=O)(=O)NC3(CF)CC3)ccc2N)on1. The minimum absolute atomic E-state index is 0.00853. The van der Waals surface area contributed by atoms with E-state index in [1.165, 1.54) is 18.2 Å². The van der Waals surface area contributed by atoms with E-state index in [-0.39, 0.29) is 22.7 Å². The Morgan fingerprint density at radius 1 is 1.38 bits per heavy atom. The van der Waals surface area contributed by atoms with Gasteiger partial charge in [-0.3, -0.25) is 4.79 Å². The molecule has 1 aromatic carbocycles. The predicted molar refractivity (Wildman–Crippen MR) is 91.5 cm³/mol. The molecular formula is C16H19FN4O4S. The number of alkyl halides is 1. The number of hydrogen-bond donors (Lipinski definition) is 3. The van der Waals surface area contributed by atoms with Gasteiger partial charge < -0.3 is 15.6 Å². The van der Waals surface area contributed by atoms with Crippen LogP contribution in [0, 0.1) is 6.92 Å². The summed E-state index contributed by atoms with van der Waals surface area (Å²) in [6.07, 6.45) is 0.892. The molecule has 26 heavy (non-hydrogen) atoms. The Bertz CT molecular complexity index is 937. The Balaban J connectivity index is 1.77. The number of aromatic nitrogens is 1. The van der Waals surface area contributed by atoms with E-state index in [2.05, 4.69) is 15.2 Å². The van der Waals surface area contributed by atoms with Crippen LogP contribution >= 0.6 is 0 Å². The standard InChI is InChI=1S/C16H19FN4O4S/c1-10-6-11(25-20-10)8-19-15(22)13-7-12(2-3-14(13)18)26(23,24)21-16(9-17)4-5-16/h2-3,6-7,21H,4-5,8-9,18H2,1H3,(H,19,22). The fourth-order valence-electron chi connectivity index (χ4n) is 2.42. The molecule has 1 aliphatic carbocycles. The number of rotatable bonds is 7. The van der Waals surface area contributed by atoms with Gasteiger partial charge in [0.15, 0.2) is 5.76 Å². The van der Waals surface area contributed by atoms with Crippen molar-refractivity contribution in [3.05, 3.63) is 41.3 Å². The average molecular weight is 382 g/mol. The Hall–Kier alpha value is -2.46. The molecular weight excluding hydrogens is 363 g/mol. The number of nitrogen functional groups attached to an aromatic ring is 1. The molecule has 0 spiro atoms. The maximum absolute atomic E-state index is 13.0. The van der Waals surface area contributed by atoms with Gasteiger partial charge in [0.25, 0.3) is 5.91 Å². The van der Waals surface area contributed by atoms with Crippen molar-refractivity contribution in [3.63, 3.8) is 0 Å². The molecule has 8 nitrogen and oxygen atoms in total. The van der Waals surface area contributed by atoms with Gasteiger partial charge in [-0.15, -0.1) is 0 Å². The minimum Gasteiger partial charge on any atom is -0.398 e. The molecule has 0 bridgehead atoms. The molecule has 140 valence electrons. The molecule has 2 aromatic rings. The number of carbonyl (C=O) groups excluding carboxylic acids is 1. The zero-order valence-electron chi connectivity index (χ0n) is 14.1. The van der Waals surface area contributed by atoms with Gasteiger partial charge in [0, 0.05) is 11.8 Å². The highest BCUT2D eigenvalue weighted by atomic mass is 32.2. The molecule has 1 heterocycles. The van der Waals surface area contributed by atoms with Gasteiger partial charge in [-0.1, -0.05) is 5.16 Å². The summed E-state index contributed by atoms with van der Waals surface area (Å²) in [5.41, 5.74) is 5.59. The molecule has 1 aliphatic rings. The van der Waals surface area contributed by atoms with Crippen LogP contribution in [-0.2, 0) is 16.6 Å². The van der Waals surface area contributed by atoms with Crippen molar-refractivity contribution in [1.82, 2.24) is 15.2 Å². The van der Waals surface area contributed by atoms with Gasteiger partial charge in [-0.05, 0) is 38.0 Å². The largest absolute Gasteiger partial charge is 0.398 e. The molecule has 0 unspecified atom stereocenters. The van der Waals surface area contributed by atoms with Crippen molar-refractivity contribution in [2.45, 2.75) is 36.7 Å². The Morgan fingerprint density at radius 3 is 2.69 bits per heavy atom. The highest BCUT2D eigenvalue weighted by Gasteiger charge is 2.46. The monoisotopic (exact) mass is 382 g/mol. The lowest BCUT2D eigenvalue weighted by atomic mass is 10.1. The molecule has 4 N–H and O–H groups in total. The van der Waals surface area contributed by atoms with Crippen LogP contribution in [0.5, 0.6) is 0 Å². The maximum Gasteiger partial charge on any atom is 0.253 e. The van der Waals surface area contributed by atoms with E-state index in [0.717, 1.165) is 0 Å². The number of sulfonamides is 1. The van der Waals surface area contributed by atoms with Crippen molar-refractivity contribution in [1.29, 1.82) is 0 Å². The summed E-state index contributed by atoms with van der Waals surface area (Å²) < 4.78 is 45.2. The zero-order chi connectivity index (χ0) is 18.9. The van der Waals surface area contributed by atoms with Gasteiger partial charge >= 0.3 is 0 Å². The zero-order valence-corrected chi connectivity index (χ0v) is 14.9. The number of benzene rings is 1. The highest BCUT2D eigenvalue weighted by Crippen LogP contribution is 2.37. The average Bonchev–Trinajstić information content (AvgIpc) is 3.23.